The number of nitrogen functional groups attached to an aromatic ring is 1. The minimum atomic E-state index is -0.410. The maximum Gasteiger partial charge on any atom is 0.146 e. The van der Waals surface area contributed by atoms with Crippen molar-refractivity contribution >= 4 is 28.9 Å². The van der Waals surface area contributed by atoms with E-state index in [1.165, 1.54) is 18.2 Å². The molecule has 2 rings (SSSR count). The molecule has 2 aromatic rings. The van der Waals surface area contributed by atoms with Gasteiger partial charge in [-0.15, -0.1) is 0 Å². The molecule has 4 N–H and O–H groups in total. The molecule has 0 atom stereocenters. The Morgan fingerprint density at radius 2 is 2.00 bits per heavy atom. The predicted molar refractivity (Wildman–Crippen MR) is 78.5 cm³/mol. The summed E-state index contributed by atoms with van der Waals surface area (Å²) in [7, 11) is 0. The van der Waals surface area contributed by atoms with Crippen LogP contribution in [-0.4, -0.2) is 9.97 Å². The Balaban J connectivity index is 2.32. The molecular formula is C13H15ClFN5. The van der Waals surface area contributed by atoms with Crippen LogP contribution in [0.15, 0.2) is 24.3 Å². The summed E-state index contributed by atoms with van der Waals surface area (Å²) in [6.07, 6.45) is 1.61. The fraction of sp³-hybridized carbons (Fsp3) is 0.231. The summed E-state index contributed by atoms with van der Waals surface area (Å²) in [5.41, 5.74) is 2.72. The van der Waals surface area contributed by atoms with Gasteiger partial charge in [-0.2, -0.15) is 0 Å². The van der Waals surface area contributed by atoms with Crippen molar-refractivity contribution in [3.05, 3.63) is 40.9 Å². The Hall–Kier alpha value is -1.92. The van der Waals surface area contributed by atoms with Crippen LogP contribution in [0.2, 0.25) is 5.02 Å². The molecule has 0 bridgehead atoms. The molecule has 0 spiro atoms. The number of nitrogens with one attached hydrogen (secondary N) is 2. The van der Waals surface area contributed by atoms with Gasteiger partial charge < -0.3 is 10.7 Å². The molecule has 0 unspecified atom stereocenters. The van der Waals surface area contributed by atoms with Gasteiger partial charge in [-0.05, 0) is 24.6 Å². The molecule has 0 radical (unpaired) electrons. The number of aromatic nitrogens is 2. The maximum absolute atomic E-state index is 13.7. The molecule has 1 aromatic carbocycles. The van der Waals surface area contributed by atoms with Gasteiger partial charge in [0.1, 0.15) is 23.3 Å². The highest BCUT2D eigenvalue weighted by Gasteiger charge is 2.07. The van der Waals surface area contributed by atoms with E-state index < -0.39 is 5.82 Å². The summed E-state index contributed by atoms with van der Waals surface area (Å²) in [5.74, 6) is 6.51. The average Bonchev–Trinajstić information content (AvgIpc) is 2.43. The quantitative estimate of drug-likeness (QED) is 0.583. The number of nitrogens with two attached hydrogens (primary N) is 1. The Kier molecular flexibility index (Phi) is 4.70. The van der Waals surface area contributed by atoms with Crippen LogP contribution in [-0.2, 0) is 6.42 Å². The van der Waals surface area contributed by atoms with E-state index in [9.17, 15) is 4.39 Å². The van der Waals surface area contributed by atoms with Gasteiger partial charge in [-0.3, -0.25) is 0 Å². The minimum Gasteiger partial charge on any atom is -0.338 e. The van der Waals surface area contributed by atoms with Gasteiger partial charge >= 0.3 is 0 Å². The zero-order valence-corrected chi connectivity index (χ0v) is 11.7. The Morgan fingerprint density at radius 3 is 2.70 bits per heavy atom. The van der Waals surface area contributed by atoms with E-state index >= 15 is 0 Å². The van der Waals surface area contributed by atoms with Crippen molar-refractivity contribution in [1.82, 2.24) is 9.97 Å². The summed E-state index contributed by atoms with van der Waals surface area (Å²) < 4.78 is 13.7. The third-order valence-corrected chi connectivity index (χ3v) is 2.82. The molecule has 0 aliphatic heterocycles. The van der Waals surface area contributed by atoms with Gasteiger partial charge in [0.2, 0.25) is 0 Å². The van der Waals surface area contributed by atoms with Crippen molar-refractivity contribution in [3.63, 3.8) is 0 Å². The van der Waals surface area contributed by atoms with Gasteiger partial charge in [-0.25, -0.2) is 20.2 Å². The lowest BCUT2D eigenvalue weighted by atomic mass is 10.3. The van der Waals surface area contributed by atoms with E-state index in [2.05, 4.69) is 20.7 Å². The normalized spacial score (nSPS) is 10.4. The number of aryl methyl sites for hydroxylation is 1. The second-order valence-corrected chi connectivity index (χ2v) is 4.63. The van der Waals surface area contributed by atoms with Crippen molar-refractivity contribution in [2.45, 2.75) is 19.8 Å². The first kappa shape index (κ1) is 14.5. The number of hydrogen-bond acceptors (Lipinski definition) is 5. The van der Waals surface area contributed by atoms with E-state index in [-0.39, 0.29) is 5.69 Å². The van der Waals surface area contributed by atoms with Crippen LogP contribution < -0.4 is 16.6 Å². The molecule has 0 saturated carbocycles. The number of benzene rings is 1. The van der Waals surface area contributed by atoms with E-state index in [1.807, 2.05) is 6.92 Å². The predicted octanol–water partition coefficient (Wildman–Crippen LogP) is 3.25. The topological polar surface area (TPSA) is 75.9 Å². The fourth-order valence-electron chi connectivity index (χ4n) is 1.70. The van der Waals surface area contributed by atoms with Gasteiger partial charge in [-0.1, -0.05) is 18.5 Å². The van der Waals surface area contributed by atoms with Crippen LogP contribution in [0.25, 0.3) is 0 Å². The number of nitrogens with zero attached hydrogens (tertiary/aromatic N) is 2. The van der Waals surface area contributed by atoms with Crippen molar-refractivity contribution in [2.75, 3.05) is 10.7 Å². The van der Waals surface area contributed by atoms with Gasteiger partial charge in [0, 0.05) is 17.5 Å². The molecule has 0 fully saturated rings. The number of hydrazine groups is 1. The highest BCUT2D eigenvalue weighted by Crippen LogP contribution is 2.23. The third-order valence-electron chi connectivity index (χ3n) is 2.59. The molecule has 0 amide bonds. The highest BCUT2D eigenvalue weighted by atomic mass is 35.5. The molecule has 1 aromatic heterocycles. The number of rotatable bonds is 5. The van der Waals surface area contributed by atoms with Crippen molar-refractivity contribution in [3.8, 4) is 0 Å². The lowest BCUT2D eigenvalue weighted by molar-refractivity contribution is 0.631. The molecule has 106 valence electrons. The Bertz CT molecular complexity index is 605. The van der Waals surface area contributed by atoms with Crippen molar-refractivity contribution in [1.29, 1.82) is 0 Å². The van der Waals surface area contributed by atoms with Gasteiger partial charge in [0.05, 0.1) is 5.69 Å². The zero-order chi connectivity index (χ0) is 14.5. The van der Waals surface area contributed by atoms with Crippen LogP contribution in [0, 0.1) is 5.82 Å². The molecule has 0 saturated heterocycles. The Labute approximate surface area is 121 Å². The monoisotopic (exact) mass is 295 g/mol. The highest BCUT2D eigenvalue weighted by molar-refractivity contribution is 6.30. The third kappa shape index (κ3) is 3.55. The largest absolute Gasteiger partial charge is 0.338 e. The van der Waals surface area contributed by atoms with E-state index in [1.54, 1.807) is 6.07 Å². The van der Waals surface area contributed by atoms with E-state index in [4.69, 9.17) is 17.4 Å². The lowest BCUT2D eigenvalue weighted by Gasteiger charge is -2.10. The molecular weight excluding hydrogens is 281 g/mol. The van der Waals surface area contributed by atoms with Gasteiger partial charge in [0.25, 0.3) is 0 Å². The minimum absolute atomic E-state index is 0.251. The summed E-state index contributed by atoms with van der Waals surface area (Å²) in [4.78, 5) is 8.53. The Morgan fingerprint density at radius 1 is 1.25 bits per heavy atom. The van der Waals surface area contributed by atoms with Gasteiger partial charge in [0.15, 0.2) is 0 Å². The first-order valence-corrected chi connectivity index (χ1v) is 6.57. The molecule has 5 nitrogen and oxygen atoms in total. The van der Waals surface area contributed by atoms with Crippen LogP contribution >= 0.6 is 11.6 Å². The maximum atomic E-state index is 13.7. The smallest absolute Gasteiger partial charge is 0.146 e. The second-order valence-electron chi connectivity index (χ2n) is 4.20. The summed E-state index contributed by atoms with van der Waals surface area (Å²) in [6, 6.07) is 5.87. The number of hydrogen-bond donors (Lipinski definition) is 3. The first-order valence-electron chi connectivity index (χ1n) is 6.19. The molecule has 0 aliphatic rings. The molecule has 0 aliphatic carbocycles. The van der Waals surface area contributed by atoms with Crippen LogP contribution in [0.3, 0.4) is 0 Å². The average molecular weight is 296 g/mol. The molecule has 20 heavy (non-hydrogen) atoms. The zero-order valence-electron chi connectivity index (χ0n) is 11.0. The lowest BCUT2D eigenvalue weighted by Crippen LogP contribution is -2.11. The standard InChI is InChI=1S/C13H15ClFN5/c1-2-3-11-18-12(7-13(19-11)20-16)17-10-6-8(14)4-5-9(10)15/h4-7H,2-3,16H2,1H3,(H2,17,18,19,20). The first-order chi connectivity index (χ1) is 9.62. The summed E-state index contributed by atoms with van der Waals surface area (Å²) in [5, 5.41) is 3.32. The van der Waals surface area contributed by atoms with E-state index in [0.29, 0.717) is 28.9 Å². The van der Waals surface area contributed by atoms with E-state index in [0.717, 1.165) is 6.42 Å². The molecule has 7 heteroatoms. The second kappa shape index (κ2) is 6.49. The summed E-state index contributed by atoms with van der Waals surface area (Å²) in [6.45, 7) is 2.02. The number of halogens is 2. The summed E-state index contributed by atoms with van der Waals surface area (Å²) >= 11 is 5.85. The van der Waals surface area contributed by atoms with Crippen LogP contribution in [0.4, 0.5) is 21.7 Å². The number of anilines is 3. The fourth-order valence-corrected chi connectivity index (χ4v) is 1.87. The van der Waals surface area contributed by atoms with Crippen LogP contribution in [0.1, 0.15) is 19.2 Å². The molecule has 1 heterocycles. The van der Waals surface area contributed by atoms with Crippen LogP contribution in [0.5, 0.6) is 0 Å². The van der Waals surface area contributed by atoms with Crippen molar-refractivity contribution in [2.24, 2.45) is 5.84 Å². The van der Waals surface area contributed by atoms with Crippen molar-refractivity contribution < 1.29 is 4.39 Å². The SMILES string of the molecule is CCCc1nc(NN)cc(Nc2cc(Cl)ccc2F)n1.